The van der Waals surface area contributed by atoms with Crippen LogP contribution in [0.3, 0.4) is 0 Å². The topological polar surface area (TPSA) is 46.5 Å². The third kappa shape index (κ3) is 2.66. The van der Waals surface area contributed by atoms with Crippen molar-refractivity contribution in [3.63, 3.8) is 0 Å². The maximum absolute atomic E-state index is 11.9. The number of ether oxygens (including phenoxy) is 1. The van der Waals surface area contributed by atoms with Crippen molar-refractivity contribution in [1.29, 1.82) is 0 Å². The van der Waals surface area contributed by atoms with Gasteiger partial charge in [-0.05, 0) is 35.4 Å². The van der Waals surface area contributed by atoms with Crippen LogP contribution in [0.25, 0.3) is 0 Å². The minimum absolute atomic E-state index is 0.568. The van der Waals surface area contributed by atoms with Crippen LogP contribution in [0.4, 0.5) is 0 Å². The molecule has 20 heavy (non-hydrogen) atoms. The van der Waals surface area contributed by atoms with Crippen LogP contribution in [-0.4, -0.2) is 18.2 Å². The summed E-state index contributed by atoms with van der Waals surface area (Å²) in [6.45, 7) is 0. The van der Waals surface area contributed by atoms with E-state index in [0.717, 1.165) is 8.95 Å². The van der Waals surface area contributed by atoms with Crippen LogP contribution in [0.1, 0.15) is 11.1 Å². The van der Waals surface area contributed by atoms with Gasteiger partial charge in [0, 0.05) is 16.1 Å². The standard InChI is InChI=1S/C15H12Br2O3/c1-20-15(14(18)19,10-2-6-12(16)7-3-10)11-4-8-13(17)9-5-11/h2-9H,1H3,(H,18,19). The molecule has 0 radical (unpaired) electrons. The molecule has 0 spiro atoms. The monoisotopic (exact) mass is 398 g/mol. The number of benzene rings is 2. The summed E-state index contributed by atoms with van der Waals surface area (Å²) in [5.41, 5.74) is -0.377. The van der Waals surface area contributed by atoms with Gasteiger partial charge in [-0.15, -0.1) is 0 Å². The molecule has 3 nitrogen and oxygen atoms in total. The molecule has 0 fully saturated rings. The zero-order valence-electron chi connectivity index (χ0n) is 10.6. The zero-order chi connectivity index (χ0) is 14.8. The molecule has 0 aliphatic carbocycles. The van der Waals surface area contributed by atoms with Gasteiger partial charge in [0.1, 0.15) is 0 Å². The van der Waals surface area contributed by atoms with Crippen LogP contribution < -0.4 is 0 Å². The zero-order valence-corrected chi connectivity index (χ0v) is 13.8. The van der Waals surface area contributed by atoms with Gasteiger partial charge in [0.15, 0.2) is 0 Å². The van der Waals surface area contributed by atoms with Gasteiger partial charge < -0.3 is 9.84 Å². The van der Waals surface area contributed by atoms with Crippen molar-refractivity contribution in [2.75, 3.05) is 7.11 Å². The van der Waals surface area contributed by atoms with E-state index in [2.05, 4.69) is 31.9 Å². The molecule has 2 rings (SSSR count). The maximum Gasteiger partial charge on any atom is 0.345 e. The van der Waals surface area contributed by atoms with E-state index < -0.39 is 11.6 Å². The van der Waals surface area contributed by atoms with Crippen molar-refractivity contribution in [2.24, 2.45) is 0 Å². The second-order valence-electron chi connectivity index (χ2n) is 4.20. The van der Waals surface area contributed by atoms with Crippen LogP contribution in [0.2, 0.25) is 0 Å². The van der Waals surface area contributed by atoms with Crippen LogP contribution in [0.15, 0.2) is 57.5 Å². The molecule has 0 aliphatic rings. The van der Waals surface area contributed by atoms with E-state index in [-0.39, 0.29) is 0 Å². The summed E-state index contributed by atoms with van der Waals surface area (Å²) in [5.74, 6) is -1.05. The van der Waals surface area contributed by atoms with Crippen molar-refractivity contribution in [2.45, 2.75) is 5.60 Å². The van der Waals surface area contributed by atoms with E-state index in [0.29, 0.717) is 11.1 Å². The van der Waals surface area contributed by atoms with E-state index in [4.69, 9.17) is 4.74 Å². The maximum atomic E-state index is 11.9. The fourth-order valence-corrected chi connectivity index (χ4v) is 2.63. The Balaban J connectivity index is 2.64. The highest BCUT2D eigenvalue weighted by molar-refractivity contribution is 9.10. The van der Waals surface area contributed by atoms with Crippen molar-refractivity contribution in [3.05, 3.63) is 68.6 Å². The number of rotatable bonds is 4. The summed E-state index contributed by atoms with van der Waals surface area (Å²) in [7, 11) is 1.40. The molecule has 0 heterocycles. The van der Waals surface area contributed by atoms with Gasteiger partial charge in [-0.2, -0.15) is 0 Å². The number of carboxylic acids is 1. The molecule has 0 unspecified atom stereocenters. The lowest BCUT2D eigenvalue weighted by molar-refractivity contribution is -0.158. The van der Waals surface area contributed by atoms with Gasteiger partial charge in [-0.25, -0.2) is 4.79 Å². The highest BCUT2D eigenvalue weighted by atomic mass is 79.9. The Kier molecular flexibility index (Phi) is 4.62. The highest BCUT2D eigenvalue weighted by Crippen LogP contribution is 2.34. The molecule has 104 valence electrons. The van der Waals surface area contributed by atoms with Gasteiger partial charge >= 0.3 is 5.97 Å². The number of carboxylic acid groups (broad SMARTS) is 1. The van der Waals surface area contributed by atoms with E-state index >= 15 is 0 Å². The Hall–Kier alpha value is -1.17. The average molecular weight is 400 g/mol. The highest BCUT2D eigenvalue weighted by Gasteiger charge is 2.42. The molecular weight excluding hydrogens is 388 g/mol. The number of hydrogen-bond acceptors (Lipinski definition) is 2. The lowest BCUT2D eigenvalue weighted by Gasteiger charge is -2.29. The number of methoxy groups -OCH3 is 1. The fourth-order valence-electron chi connectivity index (χ4n) is 2.11. The molecule has 2 aromatic carbocycles. The summed E-state index contributed by atoms with van der Waals surface area (Å²) in [6, 6.07) is 14.1. The van der Waals surface area contributed by atoms with Crippen molar-refractivity contribution in [3.8, 4) is 0 Å². The average Bonchev–Trinajstić information content (AvgIpc) is 2.43. The number of aliphatic carboxylic acids is 1. The molecule has 0 atom stereocenters. The first-order chi connectivity index (χ1) is 9.50. The van der Waals surface area contributed by atoms with Crippen molar-refractivity contribution in [1.82, 2.24) is 0 Å². The largest absolute Gasteiger partial charge is 0.479 e. The van der Waals surface area contributed by atoms with Gasteiger partial charge in [0.2, 0.25) is 5.60 Å². The predicted molar refractivity (Wildman–Crippen MR) is 83.7 cm³/mol. The van der Waals surface area contributed by atoms with Gasteiger partial charge in [0.25, 0.3) is 0 Å². The third-order valence-corrected chi connectivity index (χ3v) is 4.17. The lowest BCUT2D eigenvalue weighted by atomic mass is 9.86. The smallest absolute Gasteiger partial charge is 0.345 e. The van der Waals surface area contributed by atoms with E-state index in [9.17, 15) is 9.90 Å². The van der Waals surface area contributed by atoms with E-state index in [1.807, 2.05) is 0 Å². The van der Waals surface area contributed by atoms with E-state index in [1.54, 1.807) is 48.5 Å². The Labute approximate surface area is 133 Å². The first kappa shape index (κ1) is 15.2. The van der Waals surface area contributed by atoms with Crippen molar-refractivity contribution >= 4 is 37.8 Å². The predicted octanol–water partition coefficient (Wildman–Crippen LogP) is 4.19. The van der Waals surface area contributed by atoms with Crippen LogP contribution in [0, 0.1) is 0 Å². The normalized spacial score (nSPS) is 11.3. The molecule has 1 N–H and O–H groups in total. The van der Waals surface area contributed by atoms with Crippen molar-refractivity contribution < 1.29 is 14.6 Å². The van der Waals surface area contributed by atoms with E-state index in [1.165, 1.54) is 7.11 Å². The minimum atomic E-state index is -1.51. The molecule has 5 heteroatoms. The first-order valence-electron chi connectivity index (χ1n) is 5.81. The fraction of sp³-hybridized carbons (Fsp3) is 0.133. The summed E-state index contributed by atoms with van der Waals surface area (Å²) in [6.07, 6.45) is 0. The minimum Gasteiger partial charge on any atom is -0.479 e. The second-order valence-corrected chi connectivity index (χ2v) is 6.04. The molecule has 0 aromatic heterocycles. The summed E-state index contributed by atoms with van der Waals surface area (Å²) in [4.78, 5) is 11.9. The SMILES string of the molecule is COC(C(=O)O)(c1ccc(Br)cc1)c1ccc(Br)cc1. The van der Waals surface area contributed by atoms with Crippen LogP contribution in [0.5, 0.6) is 0 Å². The van der Waals surface area contributed by atoms with Crippen LogP contribution >= 0.6 is 31.9 Å². The molecule has 0 bridgehead atoms. The van der Waals surface area contributed by atoms with Crippen LogP contribution in [-0.2, 0) is 15.1 Å². The number of hydrogen-bond donors (Lipinski definition) is 1. The third-order valence-electron chi connectivity index (χ3n) is 3.11. The molecule has 2 aromatic rings. The molecule has 0 saturated carbocycles. The Bertz CT molecular complexity index is 561. The Morgan fingerprint density at radius 2 is 1.30 bits per heavy atom. The quantitative estimate of drug-likeness (QED) is 0.838. The molecular formula is C15H12Br2O3. The number of carbonyl (C=O) groups is 1. The Morgan fingerprint density at radius 3 is 1.55 bits per heavy atom. The molecule has 0 amide bonds. The summed E-state index contributed by atoms with van der Waals surface area (Å²) >= 11 is 6.68. The van der Waals surface area contributed by atoms with Gasteiger partial charge in [0.05, 0.1) is 0 Å². The summed E-state index contributed by atoms with van der Waals surface area (Å²) < 4.78 is 7.18. The summed E-state index contributed by atoms with van der Waals surface area (Å²) in [5, 5.41) is 9.72. The lowest BCUT2D eigenvalue weighted by Crippen LogP contribution is -2.39. The Morgan fingerprint density at radius 1 is 0.950 bits per heavy atom. The molecule has 0 saturated heterocycles. The molecule has 0 aliphatic heterocycles. The van der Waals surface area contributed by atoms with Gasteiger partial charge in [-0.3, -0.25) is 0 Å². The number of halogens is 2. The first-order valence-corrected chi connectivity index (χ1v) is 7.40. The van der Waals surface area contributed by atoms with Gasteiger partial charge in [-0.1, -0.05) is 56.1 Å². The second kappa shape index (κ2) is 6.08.